The molecule has 6 heteroatoms. The Bertz CT molecular complexity index is 520. The van der Waals surface area contributed by atoms with Gasteiger partial charge in [-0.2, -0.15) is 0 Å². The van der Waals surface area contributed by atoms with Gasteiger partial charge in [-0.3, -0.25) is 9.79 Å². The van der Waals surface area contributed by atoms with Crippen molar-refractivity contribution in [1.29, 1.82) is 0 Å². The Balaban J connectivity index is 2.25. The molecule has 1 aromatic carbocycles. The Morgan fingerprint density at radius 2 is 1.95 bits per heavy atom. The zero-order valence-corrected chi connectivity index (χ0v) is 11.6. The molecule has 0 radical (unpaired) electrons. The molecule has 2 atom stereocenters. The van der Waals surface area contributed by atoms with Crippen LogP contribution in [0, 0.1) is 0 Å². The molecular weight excluding hydrogens is 262 g/mol. The Labute approximate surface area is 116 Å². The van der Waals surface area contributed by atoms with Crippen LogP contribution in [-0.2, 0) is 10.4 Å². The standard InChI is InChI=1S/C13H17N3O2S/c1-13(2,18)8-5-3-7(4-6-8)12-16-9(10(14)17)11(15)19-12/h3-6,9,11,18H,15H2,1-2H3,(H2,14,17). The van der Waals surface area contributed by atoms with Crippen LogP contribution in [0.4, 0.5) is 0 Å². The molecule has 102 valence electrons. The number of aliphatic hydroxyl groups is 1. The highest BCUT2D eigenvalue weighted by Crippen LogP contribution is 2.28. The summed E-state index contributed by atoms with van der Waals surface area (Å²) in [6.45, 7) is 3.45. The molecule has 19 heavy (non-hydrogen) atoms. The van der Waals surface area contributed by atoms with E-state index < -0.39 is 22.9 Å². The minimum absolute atomic E-state index is 0.429. The molecule has 2 unspecified atom stereocenters. The second kappa shape index (κ2) is 4.96. The van der Waals surface area contributed by atoms with Gasteiger partial charge in [-0.15, -0.1) is 0 Å². The SMILES string of the molecule is CC(C)(O)c1ccc(C2=NC(C(N)=O)C(N)S2)cc1. The van der Waals surface area contributed by atoms with Crippen molar-refractivity contribution in [2.24, 2.45) is 16.5 Å². The van der Waals surface area contributed by atoms with Crippen molar-refractivity contribution in [3.63, 3.8) is 0 Å². The topological polar surface area (TPSA) is 102 Å². The van der Waals surface area contributed by atoms with E-state index in [-0.39, 0.29) is 0 Å². The molecule has 0 saturated carbocycles. The molecule has 0 aromatic heterocycles. The number of benzene rings is 1. The quantitative estimate of drug-likeness (QED) is 0.751. The number of rotatable bonds is 3. The zero-order chi connectivity index (χ0) is 14.2. The zero-order valence-electron chi connectivity index (χ0n) is 10.8. The fourth-order valence-electron chi connectivity index (χ4n) is 1.81. The molecule has 1 amide bonds. The fourth-order valence-corrected chi connectivity index (χ4v) is 2.84. The van der Waals surface area contributed by atoms with Crippen LogP contribution in [-0.4, -0.2) is 27.5 Å². The molecule has 1 aliphatic heterocycles. The van der Waals surface area contributed by atoms with Crippen molar-refractivity contribution in [2.45, 2.75) is 30.9 Å². The first-order valence-electron chi connectivity index (χ1n) is 5.91. The van der Waals surface area contributed by atoms with Crippen LogP contribution in [0.1, 0.15) is 25.0 Å². The molecule has 0 spiro atoms. The predicted octanol–water partition coefficient (Wildman–Crippen LogP) is 0.546. The lowest BCUT2D eigenvalue weighted by Crippen LogP contribution is -2.38. The molecule has 2 rings (SSSR count). The van der Waals surface area contributed by atoms with E-state index in [0.717, 1.165) is 11.1 Å². The normalized spacial score (nSPS) is 23.3. The Morgan fingerprint density at radius 3 is 2.37 bits per heavy atom. The molecule has 0 saturated heterocycles. The summed E-state index contributed by atoms with van der Waals surface area (Å²) in [7, 11) is 0. The summed E-state index contributed by atoms with van der Waals surface area (Å²) < 4.78 is 0. The van der Waals surface area contributed by atoms with Crippen LogP contribution in [0.2, 0.25) is 0 Å². The average Bonchev–Trinajstić information content (AvgIpc) is 2.70. The summed E-state index contributed by atoms with van der Waals surface area (Å²) in [6, 6.07) is 6.71. The number of carbonyl (C=O) groups excluding carboxylic acids is 1. The highest BCUT2D eigenvalue weighted by molar-refractivity contribution is 8.15. The number of nitrogens with zero attached hydrogens (tertiary/aromatic N) is 1. The lowest BCUT2D eigenvalue weighted by Gasteiger charge is -2.17. The molecule has 1 aliphatic rings. The molecular formula is C13H17N3O2S. The Kier molecular flexibility index (Phi) is 3.66. The minimum atomic E-state index is -0.880. The maximum Gasteiger partial charge on any atom is 0.244 e. The highest BCUT2D eigenvalue weighted by Gasteiger charge is 2.31. The van der Waals surface area contributed by atoms with Crippen molar-refractivity contribution in [2.75, 3.05) is 0 Å². The monoisotopic (exact) mass is 279 g/mol. The molecule has 1 heterocycles. The van der Waals surface area contributed by atoms with Gasteiger partial charge in [0.15, 0.2) is 6.04 Å². The number of hydrogen-bond donors (Lipinski definition) is 3. The fraction of sp³-hybridized carbons (Fsp3) is 0.385. The Hall–Kier alpha value is -1.37. The van der Waals surface area contributed by atoms with E-state index in [4.69, 9.17) is 11.5 Å². The van der Waals surface area contributed by atoms with Crippen LogP contribution in [0.25, 0.3) is 0 Å². The number of aliphatic imine (C=N–C) groups is 1. The summed E-state index contributed by atoms with van der Waals surface area (Å²) in [4.78, 5) is 15.4. The van der Waals surface area contributed by atoms with E-state index in [1.807, 2.05) is 24.3 Å². The first kappa shape index (κ1) is 14.0. The lowest BCUT2D eigenvalue weighted by molar-refractivity contribution is -0.119. The van der Waals surface area contributed by atoms with Gasteiger partial charge in [-0.1, -0.05) is 36.0 Å². The first-order chi connectivity index (χ1) is 8.79. The number of hydrogen-bond acceptors (Lipinski definition) is 5. The van der Waals surface area contributed by atoms with E-state index in [1.54, 1.807) is 13.8 Å². The molecule has 1 aromatic rings. The third-order valence-corrected chi connectivity index (χ3v) is 4.04. The van der Waals surface area contributed by atoms with E-state index >= 15 is 0 Å². The summed E-state index contributed by atoms with van der Waals surface area (Å²) >= 11 is 1.33. The van der Waals surface area contributed by atoms with Gasteiger partial charge in [0.1, 0.15) is 5.04 Å². The van der Waals surface area contributed by atoms with Gasteiger partial charge in [0.25, 0.3) is 0 Å². The van der Waals surface area contributed by atoms with Crippen LogP contribution < -0.4 is 11.5 Å². The number of nitrogens with two attached hydrogens (primary N) is 2. The molecule has 0 fully saturated rings. The number of thioether (sulfide) groups is 1. The van der Waals surface area contributed by atoms with Crippen LogP contribution >= 0.6 is 11.8 Å². The molecule has 5 nitrogen and oxygen atoms in total. The van der Waals surface area contributed by atoms with E-state index in [2.05, 4.69) is 4.99 Å². The summed E-state index contributed by atoms with van der Waals surface area (Å²) in [6.07, 6.45) is 0. The number of primary amides is 1. The maximum atomic E-state index is 11.2. The van der Waals surface area contributed by atoms with Crippen molar-refractivity contribution < 1.29 is 9.90 Å². The second-order valence-corrected chi connectivity index (χ2v) is 6.17. The Morgan fingerprint density at radius 1 is 1.37 bits per heavy atom. The minimum Gasteiger partial charge on any atom is -0.386 e. The average molecular weight is 279 g/mol. The molecule has 0 bridgehead atoms. The lowest BCUT2D eigenvalue weighted by atomic mass is 9.97. The van der Waals surface area contributed by atoms with Crippen molar-refractivity contribution >= 4 is 22.7 Å². The van der Waals surface area contributed by atoms with Gasteiger partial charge in [-0.05, 0) is 19.4 Å². The van der Waals surface area contributed by atoms with Crippen LogP contribution in [0.5, 0.6) is 0 Å². The van der Waals surface area contributed by atoms with E-state index in [1.165, 1.54) is 11.8 Å². The van der Waals surface area contributed by atoms with Gasteiger partial charge >= 0.3 is 0 Å². The van der Waals surface area contributed by atoms with Crippen molar-refractivity contribution in [3.05, 3.63) is 35.4 Å². The first-order valence-corrected chi connectivity index (χ1v) is 6.79. The van der Waals surface area contributed by atoms with Gasteiger partial charge < -0.3 is 16.6 Å². The third kappa shape index (κ3) is 2.97. The molecule has 5 N–H and O–H groups in total. The van der Waals surface area contributed by atoms with Crippen molar-refractivity contribution in [3.8, 4) is 0 Å². The number of amides is 1. The highest BCUT2D eigenvalue weighted by atomic mass is 32.2. The van der Waals surface area contributed by atoms with Gasteiger partial charge in [0.2, 0.25) is 5.91 Å². The van der Waals surface area contributed by atoms with Crippen molar-refractivity contribution in [1.82, 2.24) is 0 Å². The van der Waals surface area contributed by atoms with Gasteiger partial charge in [0, 0.05) is 5.56 Å². The predicted molar refractivity (Wildman–Crippen MR) is 76.8 cm³/mol. The third-order valence-electron chi connectivity index (χ3n) is 2.95. The van der Waals surface area contributed by atoms with Gasteiger partial charge in [-0.25, -0.2) is 0 Å². The van der Waals surface area contributed by atoms with E-state index in [0.29, 0.717) is 5.04 Å². The largest absolute Gasteiger partial charge is 0.386 e. The summed E-state index contributed by atoms with van der Waals surface area (Å²) in [5, 5.41) is 10.2. The number of carbonyl (C=O) groups is 1. The van der Waals surface area contributed by atoms with Crippen LogP contribution in [0.15, 0.2) is 29.3 Å². The summed E-state index contributed by atoms with van der Waals surface area (Å²) in [5.41, 5.74) is 11.9. The smallest absolute Gasteiger partial charge is 0.244 e. The van der Waals surface area contributed by atoms with Crippen LogP contribution in [0.3, 0.4) is 0 Å². The van der Waals surface area contributed by atoms with E-state index in [9.17, 15) is 9.90 Å². The van der Waals surface area contributed by atoms with Gasteiger partial charge in [0.05, 0.1) is 11.0 Å². The maximum absolute atomic E-state index is 11.2. The summed E-state index contributed by atoms with van der Waals surface area (Å²) in [5.74, 6) is -0.511. The second-order valence-electron chi connectivity index (χ2n) is 5.00. The molecule has 0 aliphatic carbocycles.